The Balaban J connectivity index is 1.98. The van der Waals surface area contributed by atoms with E-state index >= 15 is 0 Å². The van der Waals surface area contributed by atoms with E-state index in [9.17, 15) is 9.59 Å². The maximum Gasteiger partial charge on any atom is 0.312 e. The number of carbonyl (C=O) groups excluding carboxylic acids is 2. The molecular weight excluding hydrogens is 220 g/mol. The van der Waals surface area contributed by atoms with Crippen molar-refractivity contribution in [1.82, 2.24) is 15.1 Å². The lowest BCUT2D eigenvalue weighted by atomic mass is 10.1. The first-order valence-corrected chi connectivity index (χ1v) is 5.91. The van der Waals surface area contributed by atoms with Crippen molar-refractivity contribution in [1.29, 1.82) is 5.26 Å². The Kier molecular flexibility index (Phi) is 3.59. The quantitative estimate of drug-likeness (QED) is 0.500. The van der Waals surface area contributed by atoms with Gasteiger partial charge in [0.2, 0.25) is 0 Å². The van der Waals surface area contributed by atoms with E-state index in [4.69, 9.17) is 5.26 Å². The summed E-state index contributed by atoms with van der Waals surface area (Å²) in [6.45, 7) is 3.20. The molecule has 17 heavy (non-hydrogen) atoms. The summed E-state index contributed by atoms with van der Waals surface area (Å²) < 4.78 is 0. The van der Waals surface area contributed by atoms with Crippen molar-refractivity contribution in [2.45, 2.75) is 18.9 Å². The number of piperazine rings is 2. The average Bonchev–Trinajstić information content (AvgIpc) is 2.35. The number of nitrogens with one attached hydrogen (secondary N) is 1. The molecule has 2 fully saturated rings. The van der Waals surface area contributed by atoms with Crippen molar-refractivity contribution in [3.8, 4) is 6.07 Å². The summed E-state index contributed by atoms with van der Waals surface area (Å²) in [5, 5.41) is 11.7. The van der Waals surface area contributed by atoms with E-state index in [2.05, 4.69) is 5.32 Å². The number of unbranched alkanes of at least 4 members (excludes halogenated alkanes) is 1. The van der Waals surface area contributed by atoms with Crippen molar-refractivity contribution >= 4 is 11.8 Å². The lowest BCUT2D eigenvalue weighted by Gasteiger charge is -2.43. The lowest BCUT2D eigenvalue weighted by Crippen LogP contribution is -2.65. The summed E-state index contributed by atoms with van der Waals surface area (Å²) in [7, 11) is 0. The molecule has 2 saturated heterocycles. The number of hydrogen-bond acceptors (Lipinski definition) is 4. The first kappa shape index (κ1) is 11.9. The highest BCUT2D eigenvalue weighted by Gasteiger charge is 2.39. The highest BCUT2D eigenvalue weighted by molar-refractivity contribution is 6.35. The van der Waals surface area contributed by atoms with Crippen LogP contribution in [0.15, 0.2) is 0 Å². The maximum absolute atomic E-state index is 11.8. The Morgan fingerprint density at radius 3 is 3.00 bits per heavy atom. The number of nitriles is 1. The van der Waals surface area contributed by atoms with E-state index in [1.54, 1.807) is 9.80 Å². The molecule has 0 aromatic carbocycles. The monoisotopic (exact) mass is 236 g/mol. The molecule has 0 aliphatic carbocycles. The van der Waals surface area contributed by atoms with Crippen LogP contribution >= 0.6 is 0 Å². The second-order valence-corrected chi connectivity index (χ2v) is 4.37. The van der Waals surface area contributed by atoms with Crippen LogP contribution in [0.4, 0.5) is 0 Å². The van der Waals surface area contributed by atoms with E-state index in [0.717, 1.165) is 13.1 Å². The zero-order valence-corrected chi connectivity index (χ0v) is 9.69. The van der Waals surface area contributed by atoms with Crippen LogP contribution in [0.25, 0.3) is 0 Å². The van der Waals surface area contributed by atoms with Gasteiger partial charge in [-0.25, -0.2) is 0 Å². The first-order valence-electron chi connectivity index (χ1n) is 5.91. The molecule has 0 radical (unpaired) electrons. The van der Waals surface area contributed by atoms with Gasteiger partial charge in [0.1, 0.15) is 0 Å². The predicted octanol–water partition coefficient (Wildman–Crippen LogP) is -1.07. The van der Waals surface area contributed by atoms with Gasteiger partial charge in [0.05, 0.1) is 12.1 Å². The molecule has 2 aliphatic rings. The fourth-order valence-corrected chi connectivity index (χ4v) is 2.33. The number of nitrogens with zero attached hydrogens (tertiary/aromatic N) is 3. The molecule has 2 heterocycles. The van der Waals surface area contributed by atoms with Gasteiger partial charge in [0.15, 0.2) is 0 Å². The standard InChI is InChI=1S/C11H16N4O2/c12-3-1-2-5-14-8-9-7-13-4-6-15(9)11(17)10(14)16/h9,13H,1-2,4-8H2. The van der Waals surface area contributed by atoms with Crippen LogP contribution in [0.1, 0.15) is 12.8 Å². The summed E-state index contributed by atoms with van der Waals surface area (Å²) in [6, 6.07) is 2.14. The second kappa shape index (κ2) is 5.15. The van der Waals surface area contributed by atoms with Crippen LogP contribution in [0.2, 0.25) is 0 Å². The van der Waals surface area contributed by atoms with Gasteiger partial charge in [-0.15, -0.1) is 0 Å². The van der Waals surface area contributed by atoms with Crippen LogP contribution in [0, 0.1) is 11.3 Å². The van der Waals surface area contributed by atoms with Gasteiger partial charge >= 0.3 is 11.8 Å². The van der Waals surface area contributed by atoms with Crippen molar-refractivity contribution in [2.24, 2.45) is 0 Å². The van der Waals surface area contributed by atoms with E-state index in [1.165, 1.54) is 0 Å². The smallest absolute Gasteiger partial charge is 0.312 e. The molecule has 1 N–H and O–H groups in total. The van der Waals surface area contributed by atoms with Gasteiger partial charge in [-0.1, -0.05) is 0 Å². The largest absolute Gasteiger partial charge is 0.332 e. The number of fused-ring (bicyclic) bond motifs is 1. The molecular formula is C11H16N4O2. The molecule has 1 unspecified atom stereocenters. The molecule has 2 rings (SSSR count). The summed E-state index contributed by atoms with van der Waals surface area (Å²) in [5.41, 5.74) is 0. The minimum absolute atomic E-state index is 0.0936. The molecule has 0 aromatic rings. The number of amides is 2. The Hall–Kier alpha value is -1.61. The number of rotatable bonds is 3. The minimum Gasteiger partial charge on any atom is -0.332 e. The fraction of sp³-hybridized carbons (Fsp3) is 0.727. The van der Waals surface area contributed by atoms with Crippen LogP contribution in [-0.2, 0) is 9.59 Å². The van der Waals surface area contributed by atoms with Crippen LogP contribution in [0.3, 0.4) is 0 Å². The van der Waals surface area contributed by atoms with Gasteiger partial charge in [0, 0.05) is 39.1 Å². The SMILES string of the molecule is N#CCCCN1CC2CNCCN2C(=O)C1=O. The van der Waals surface area contributed by atoms with E-state index in [-0.39, 0.29) is 11.9 Å². The first-order chi connectivity index (χ1) is 8.24. The molecule has 0 spiro atoms. The zero-order chi connectivity index (χ0) is 12.3. The van der Waals surface area contributed by atoms with Crippen molar-refractivity contribution < 1.29 is 9.59 Å². The van der Waals surface area contributed by atoms with Crippen LogP contribution in [0.5, 0.6) is 0 Å². The maximum atomic E-state index is 11.8. The third-order valence-electron chi connectivity index (χ3n) is 3.23. The normalized spacial score (nSPS) is 24.5. The van der Waals surface area contributed by atoms with Crippen molar-refractivity contribution in [3.63, 3.8) is 0 Å². The van der Waals surface area contributed by atoms with E-state index in [1.807, 2.05) is 6.07 Å². The molecule has 0 aromatic heterocycles. The van der Waals surface area contributed by atoms with Gasteiger partial charge in [-0.3, -0.25) is 9.59 Å². The summed E-state index contributed by atoms with van der Waals surface area (Å²) in [5.74, 6) is -0.805. The van der Waals surface area contributed by atoms with Gasteiger partial charge in [-0.2, -0.15) is 5.26 Å². The third-order valence-corrected chi connectivity index (χ3v) is 3.23. The third kappa shape index (κ3) is 2.39. The Labute approximate surface area is 100 Å². The highest BCUT2D eigenvalue weighted by atomic mass is 16.2. The van der Waals surface area contributed by atoms with Gasteiger partial charge in [-0.05, 0) is 6.42 Å². The van der Waals surface area contributed by atoms with Crippen LogP contribution < -0.4 is 5.32 Å². The Morgan fingerprint density at radius 2 is 2.24 bits per heavy atom. The molecule has 6 nitrogen and oxygen atoms in total. The molecule has 2 amide bonds. The number of hydrogen-bond donors (Lipinski definition) is 1. The molecule has 2 aliphatic heterocycles. The predicted molar refractivity (Wildman–Crippen MR) is 59.8 cm³/mol. The van der Waals surface area contributed by atoms with E-state index in [0.29, 0.717) is 32.5 Å². The zero-order valence-electron chi connectivity index (χ0n) is 9.69. The van der Waals surface area contributed by atoms with Crippen LogP contribution in [-0.4, -0.2) is 60.4 Å². The van der Waals surface area contributed by atoms with Gasteiger partial charge in [0.25, 0.3) is 0 Å². The van der Waals surface area contributed by atoms with E-state index < -0.39 is 5.91 Å². The van der Waals surface area contributed by atoms with Crippen molar-refractivity contribution in [3.05, 3.63) is 0 Å². The fourth-order valence-electron chi connectivity index (χ4n) is 2.33. The Morgan fingerprint density at radius 1 is 1.41 bits per heavy atom. The summed E-state index contributed by atoms with van der Waals surface area (Å²) in [4.78, 5) is 26.9. The topological polar surface area (TPSA) is 76.4 Å². The average molecular weight is 236 g/mol. The molecule has 92 valence electrons. The molecule has 1 atom stereocenters. The molecule has 0 saturated carbocycles. The van der Waals surface area contributed by atoms with Crippen molar-refractivity contribution in [2.75, 3.05) is 32.7 Å². The van der Waals surface area contributed by atoms with Gasteiger partial charge < -0.3 is 15.1 Å². The molecule has 6 heteroatoms. The Bertz CT molecular complexity index is 363. The minimum atomic E-state index is -0.416. The number of carbonyl (C=O) groups is 2. The lowest BCUT2D eigenvalue weighted by molar-refractivity contribution is -0.159. The summed E-state index contributed by atoms with van der Waals surface area (Å²) >= 11 is 0. The molecule has 0 bridgehead atoms. The second-order valence-electron chi connectivity index (χ2n) is 4.37. The summed E-state index contributed by atoms with van der Waals surface area (Å²) in [6.07, 6.45) is 1.06. The highest BCUT2D eigenvalue weighted by Crippen LogP contribution is 2.14.